The van der Waals surface area contributed by atoms with Crippen molar-refractivity contribution in [2.45, 2.75) is 13.0 Å². The third-order valence-electron chi connectivity index (χ3n) is 5.49. The van der Waals surface area contributed by atoms with Crippen molar-refractivity contribution in [2.24, 2.45) is 0 Å². The fraction of sp³-hybridized carbons (Fsp3) is 0.304. The minimum atomic E-state index is 0.117. The van der Waals surface area contributed by atoms with E-state index in [4.69, 9.17) is 9.15 Å². The van der Waals surface area contributed by atoms with Crippen LogP contribution in [0.2, 0.25) is 0 Å². The Labute approximate surface area is 179 Å². The molecule has 154 valence electrons. The number of nitrogens with one attached hydrogen (secondary N) is 1. The number of hydrogen-bond acceptors (Lipinski definition) is 7. The van der Waals surface area contributed by atoms with Crippen molar-refractivity contribution in [3.05, 3.63) is 65.7 Å². The van der Waals surface area contributed by atoms with E-state index in [1.807, 2.05) is 19.1 Å². The van der Waals surface area contributed by atoms with Gasteiger partial charge in [0.1, 0.15) is 28.5 Å². The van der Waals surface area contributed by atoms with E-state index in [1.165, 1.54) is 5.56 Å². The van der Waals surface area contributed by atoms with E-state index in [0.29, 0.717) is 6.54 Å². The van der Waals surface area contributed by atoms with Gasteiger partial charge in [-0.15, -0.1) is 11.3 Å². The van der Waals surface area contributed by atoms with Gasteiger partial charge in [0.25, 0.3) is 0 Å². The van der Waals surface area contributed by atoms with Gasteiger partial charge in [0.2, 0.25) is 0 Å². The molecular weight excluding hydrogens is 396 g/mol. The molecule has 30 heavy (non-hydrogen) atoms. The van der Waals surface area contributed by atoms with Crippen LogP contribution in [0, 0.1) is 6.92 Å². The van der Waals surface area contributed by atoms with Gasteiger partial charge < -0.3 is 14.5 Å². The normalized spacial score (nSPS) is 16.0. The molecule has 0 radical (unpaired) electrons. The van der Waals surface area contributed by atoms with Gasteiger partial charge in [-0.3, -0.25) is 4.90 Å². The van der Waals surface area contributed by atoms with Crippen LogP contribution in [0.25, 0.3) is 21.3 Å². The topological polar surface area (TPSA) is 63.4 Å². The molecule has 1 aromatic carbocycles. The maximum atomic E-state index is 6.00. The largest absolute Gasteiger partial charge is 0.465 e. The number of anilines is 1. The Balaban J connectivity index is 1.46. The number of benzene rings is 1. The molecular formula is C23H24N4O2S. The highest BCUT2D eigenvalue weighted by Gasteiger charge is 2.25. The number of ether oxygens (including phenoxy) is 1. The Bertz CT molecular complexity index is 1120. The lowest BCUT2D eigenvalue weighted by atomic mass is 10.1. The number of thiophene rings is 1. The van der Waals surface area contributed by atoms with Gasteiger partial charge in [-0.1, -0.05) is 30.3 Å². The number of hydrogen-bond donors (Lipinski definition) is 1. The number of aromatic nitrogens is 2. The lowest BCUT2D eigenvalue weighted by Crippen LogP contribution is -2.41. The Morgan fingerprint density at radius 2 is 1.93 bits per heavy atom. The Morgan fingerprint density at radius 1 is 1.10 bits per heavy atom. The fourth-order valence-electron chi connectivity index (χ4n) is 3.96. The summed E-state index contributed by atoms with van der Waals surface area (Å²) in [7, 11) is 0. The number of aryl methyl sites for hydroxylation is 1. The summed E-state index contributed by atoms with van der Waals surface area (Å²) >= 11 is 1.65. The molecule has 0 bridgehead atoms. The molecule has 1 saturated heterocycles. The number of morpholine rings is 1. The summed E-state index contributed by atoms with van der Waals surface area (Å²) in [5, 5.41) is 6.84. The van der Waals surface area contributed by atoms with Gasteiger partial charge in [0, 0.05) is 30.6 Å². The van der Waals surface area contributed by atoms with Crippen molar-refractivity contribution in [1.82, 2.24) is 14.9 Å². The van der Waals surface area contributed by atoms with E-state index in [-0.39, 0.29) is 6.04 Å². The standard InChI is InChI=1S/C23H24N4O2S/c1-16-7-8-20(29-16)19(27-9-11-28-12-10-27)13-24-22-21-18(17-5-3-2-4-6-17)14-30-23(21)26-15-25-22/h2-8,14-15,19H,9-13H2,1H3,(H,24,25,26)/t19-/m1/s1. The van der Waals surface area contributed by atoms with Crippen molar-refractivity contribution < 1.29 is 9.15 Å². The predicted octanol–water partition coefficient (Wildman–Crippen LogP) is 4.75. The van der Waals surface area contributed by atoms with Crippen LogP contribution in [-0.4, -0.2) is 47.7 Å². The van der Waals surface area contributed by atoms with Gasteiger partial charge in [0.15, 0.2) is 0 Å². The molecule has 4 heterocycles. The zero-order valence-corrected chi connectivity index (χ0v) is 17.7. The average Bonchev–Trinajstić information content (AvgIpc) is 3.42. The molecule has 7 heteroatoms. The molecule has 0 unspecified atom stereocenters. The van der Waals surface area contributed by atoms with Crippen molar-refractivity contribution in [3.63, 3.8) is 0 Å². The van der Waals surface area contributed by atoms with Crippen molar-refractivity contribution in [2.75, 3.05) is 38.2 Å². The van der Waals surface area contributed by atoms with Crippen LogP contribution < -0.4 is 5.32 Å². The molecule has 3 aromatic heterocycles. The van der Waals surface area contributed by atoms with Crippen LogP contribution in [0.4, 0.5) is 5.82 Å². The minimum Gasteiger partial charge on any atom is -0.465 e. The first kappa shape index (κ1) is 19.2. The van der Waals surface area contributed by atoms with E-state index >= 15 is 0 Å². The SMILES string of the molecule is Cc1ccc([C@@H](CNc2ncnc3scc(-c4ccccc4)c23)N2CCOCC2)o1. The van der Waals surface area contributed by atoms with E-state index in [0.717, 1.165) is 59.4 Å². The van der Waals surface area contributed by atoms with Crippen LogP contribution in [-0.2, 0) is 4.74 Å². The minimum absolute atomic E-state index is 0.117. The number of nitrogens with zero attached hydrogens (tertiary/aromatic N) is 3. The predicted molar refractivity (Wildman–Crippen MR) is 120 cm³/mol. The highest BCUT2D eigenvalue weighted by Crippen LogP contribution is 2.36. The lowest BCUT2D eigenvalue weighted by molar-refractivity contribution is 0.0143. The zero-order valence-electron chi connectivity index (χ0n) is 16.9. The second-order valence-electron chi connectivity index (χ2n) is 7.41. The van der Waals surface area contributed by atoms with E-state index in [1.54, 1.807) is 17.7 Å². The van der Waals surface area contributed by atoms with Gasteiger partial charge in [-0.05, 0) is 24.6 Å². The monoisotopic (exact) mass is 420 g/mol. The number of fused-ring (bicyclic) bond motifs is 1. The molecule has 5 rings (SSSR count). The van der Waals surface area contributed by atoms with Gasteiger partial charge in [0.05, 0.1) is 24.6 Å². The van der Waals surface area contributed by atoms with Crippen molar-refractivity contribution in [3.8, 4) is 11.1 Å². The average molecular weight is 421 g/mol. The second kappa shape index (κ2) is 8.55. The number of furan rings is 1. The third kappa shape index (κ3) is 3.84. The van der Waals surface area contributed by atoms with E-state index in [2.05, 4.69) is 55.9 Å². The quantitative estimate of drug-likeness (QED) is 0.486. The van der Waals surface area contributed by atoms with Crippen molar-refractivity contribution in [1.29, 1.82) is 0 Å². The zero-order chi connectivity index (χ0) is 20.3. The first-order valence-corrected chi connectivity index (χ1v) is 11.1. The summed E-state index contributed by atoms with van der Waals surface area (Å²) < 4.78 is 11.6. The van der Waals surface area contributed by atoms with Crippen LogP contribution >= 0.6 is 11.3 Å². The maximum absolute atomic E-state index is 6.00. The second-order valence-corrected chi connectivity index (χ2v) is 8.27. The summed E-state index contributed by atoms with van der Waals surface area (Å²) in [5.74, 6) is 2.76. The van der Waals surface area contributed by atoms with Crippen LogP contribution in [0.1, 0.15) is 17.6 Å². The smallest absolute Gasteiger partial charge is 0.138 e. The molecule has 1 fully saturated rings. The summed E-state index contributed by atoms with van der Waals surface area (Å²) in [6.07, 6.45) is 1.64. The molecule has 1 aliphatic rings. The molecule has 1 N–H and O–H groups in total. The summed E-state index contributed by atoms with van der Waals surface area (Å²) in [6, 6.07) is 14.6. The van der Waals surface area contributed by atoms with Crippen molar-refractivity contribution >= 4 is 27.4 Å². The Kier molecular flexibility index (Phi) is 5.48. The molecule has 1 atom stereocenters. The molecule has 0 spiro atoms. The Hall–Kier alpha value is -2.74. The Morgan fingerprint density at radius 3 is 2.70 bits per heavy atom. The molecule has 0 aliphatic carbocycles. The molecule has 0 saturated carbocycles. The van der Waals surface area contributed by atoms with Gasteiger partial charge >= 0.3 is 0 Å². The van der Waals surface area contributed by atoms with E-state index < -0.39 is 0 Å². The van der Waals surface area contributed by atoms with Gasteiger partial charge in [-0.25, -0.2) is 9.97 Å². The summed E-state index contributed by atoms with van der Waals surface area (Å²) in [4.78, 5) is 12.5. The first-order valence-electron chi connectivity index (χ1n) is 10.2. The highest BCUT2D eigenvalue weighted by atomic mass is 32.1. The first-order chi connectivity index (χ1) is 14.8. The third-order valence-corrected chi connectivity index (χ3v) is 6.38. The highest BCUT2D eigenvalue weighted by molar-refractivity contribution is 7.17. The van der Waals surface area contributed by atoms with E-state index in [9.17, 15) is 0 Å². The molecule has 4 aromatic rings. The van der Waals surface area contributed by atoms with Crippen LogP contribution in [0.15, 0.2) is 58.6 Å². The molecule has 1 aliphatic heterocycles. The summed E-state index contributed by atoms with van der Waals surface area (Å²) in [6.45, 7) is 5.95. The number of rotatable bonds is 6. The van der Waals surface area contributed by atoms with Crippen LogP contribution in [0.5, 0.6) is 0 Å². The maximum Gasteiger partial charge on any atom is 0.138 e. The fourth-order valence-corrected chi connectivity index (χ4v) is 4.88. The molecule has 6 nitrogen and oxygen atoms in total. The summed E-state index contributed by atoms with van der Waals surface area (Å²) in [5.41, 5.74) is 2.34. The van der Waals surface area contributed by atoms with Gasteiger partial charge in [-0.2, -0.15) is 0 Å². The lowest BCUT2D eigenvalue weighted by Gasteiger charge is -2.33. The van der Waals surface area contributed by atoms with Crippen LogP contribution in [0.3, 0.4) is 0 Å². The molecule has 0 amide bonds.